The Morgan fingerprint density at radius 3 is 2.17 bits per heavy atom. The molecule has 1 aliphatic carbocycles. The summed E-state index contributed by atoms with van der Waals surface area (Å²) >= 11 is 0. The monoisotopic (exact) mass is 260 g/mol. The zero-order valence-electron chi connectivity index (χ0n) is 9.41. The van der Waals surface area contributed by atoms with Crippen molar-refractivity contribution < 1.29 is 22.8 Å². The molecule has 3 atom stereocenters. The number of carbonyl (C=O) groups is 2. The van der Waals surface area contributed by atoms with Crippen LogP contribution in [0.25, 0.3) is 0 Å². The van der Waals surface area contributed by atoms with Crippen LogP contribution in [0.1, 0.15) is 19.3 Å². The summed E-state index contributed by atoms with van der Waals surface area (Å²) in [5, 5.41) is 8.48. The highest BCUT2D eigenvalue weighted by Gasteiger charge is 2.52. The first kappa shape index (κ1) is 12.9. The number of carbonyl (C=O) groups excluding carboxylic acids is 2. The summed E-state index contributed by atoms with van der Waals surface area (Å²) in [4.78, 5) is 24.2. The molecule has 1 saturated heterocycles. The predicted molar refractivity (Wildman–Crippen MR) is 52.7 cm³/mol. The van der Waals surface area contributed by atoms with Crippen molar-refractivity contribution in [1.29, 1.82) is 5.26 Å². The van der Waals surface area contributed by atoms with Gasteiger partial charge in [0.25, 0.3) is 0 Å². The first-order valence-electron chi connectivity index (χ1n) is 5.68. The van der Waals surface area contributed by atoms with E-state index in [2.05, 4.69) is 0 Å². The number of rotatable bonds is 2. The molecule has 3 unspecified atom stereocenters. The molecule has 18 heavy (non-hydrogen) atoms. The normalized spacial score (nSPS) is 29.3. The fraction of sp³-hybridized carbons (Fsp3) is 0.727. The van der Waals surface area contributed by atoms with Gasteiger partial charge in [-0.2, -0.15) is 18.4 Å². The topological polar surface area (TPSA) is 61.2 Å². The van der Waals surface area contributed by atoms with Crippen molar-refractivity contribution in [1.82, 2.24) is 4.90 Å². The second kappa shape index (κ2) is 4.26. The molecular weight excluding hydrogens is 249 g/mol. The molecule has 7 heteroatoms. The van der Waals surface area contributed by atoms with E-state index in [0.29, 0.717) is 17.7 Å². The number of hydrogen-bond donors (Lipinski definition) is 0. The maximum Gasteiger partial charge on any atom is 0.406 e. The van der Waals surface area contributed by atoms with Gasteiger partial charge in [0.05, 0.1) is 24.4 Å². The second-order valence-corrected chi connectivity index (χ2v) is 4.65. The minimum atomic E-state index is -4.72. The maximum absolute atomic E-state index is 12.4. The molecule has 4 nitrogen and oxygen atoms in total. The molecule has 2 amide bonds. The summed E-state index contributed by atoms with van der Waals surface area (Å²) in [6.45, 7) is -0.870. The first-order chi connectivity index (χ1) is 8.36. The molecule has 0 aromatic rings. The Morgan fingerprint density at radius 2 is 1.78 bits per heavy atom. The summed E-state index contributed by atoms with van der Waals surface area (Å²) in [5.41, 5.74) is 0. The zero-order chi connectivity index (χ0) is 13.5. The summed E-state index contributed by atoms with van der Waals surface area (Å²) in [6, 6.07) is 1.10. The van der Waals surface area contributed by atoms with E-state index >= 15 is 0 Å². The van der Waals surface area contributed by atoms with E-state index < -0.39 is 42.3 Å². The standard InChI is InChI=1S/C11H11F3N2O2/c12-11(13,14)6(4-15)5-16-9(17)7-2-1-3-8(7)10(16)18/h6-8H,1-3,5H2. The SMILES string of the molecule is N#CC(CN1C(=O)C2CCCC2C1=O)C(F)(F)F. The number of imide groups is 1. The lowest BCUT2D eigenvalue weighted by atomic mass is 10.00. The van der Waals surface area contributed by atoms with Gasteiger partial charge >= 0.3 is 6.18 Å². The van der Waals surface area contributed by atoms with Crippen LogP contribution in [-0.4, -0.2) is 29.4 Å². The molecule has 1 aliphatic heterocycles. The van der Waals surface area contributed by atoms with Gasteiger partial charge in [-0.1, -0.05) is 6.42 Å². The minimum Gasteiger partial charge on any atom is -0.280 e. The number of fused-ring (bicyclic) bond motifs is 1. The van der Waals surface area contributed by atoms with Gasteiger partial charge in [-0.15, -0.1) is 0 Å². The Kier molecular flexibility index (Phi) is 3.05. The number of nitriles is 1. The average molecular weight is 260 g/mol. The van der Waals surface area contributed by atoms with Crippen molar-refractivity contribution in [2.45, 2.75) is 25.4 Å². The summed E-state index contributed by atoms with van der Waals surface area (Å²) in [5.74, 6) is -4.33. The maximum atomic E-state index is 12.4. The number of likely N-dealkylation sites (tertiary alicyclic amines) is 1. The van der Waals surface area contributed by atoms with Crippen LogP contribution >= 0.6 is 0 Å². The van der Waals surface area contributed by atoms with Crippen LogP contribution in [0.5, 0.6) is 0 Å². The van der Waals surface area contributed by atoms with Gasteiger partial charge in [-0.3, -0.25) is 14.5 Å². The smallest absolute Gasteiger partial charge is 0.280 e. The Bertz CT molecular complexity index is 405. The van der Waals surface area contributed by atoms with E-state index in [0.717, 1.165) is 12.5 Å². The van der Waals surface area contributed by atoms with E-state index in [-0.39, 0.29) is 0 Å². The van der Waals surface area contributed by atoms with Crippen LogP contribution in [0.2, 0.25) is 0 Å². The molecule has 1 heterocycles. The number of halogens is 3. The third kappa shape index (κ3) is 1.96. The lowest BCUT2D eigenvalue weighted by Gasteiger charge is -2.20. The molecule has 0 aromatic heterocycles. The predicted octanol–water partition coefficient (Wildman–Crippen LogP) is 1.47. The van der Waals surface area contributed by atoms with E-state index in [1.54, 1.807) is 0 Å². The summed E-state index contributed by atoms with van der Waals surface area (Å²) < 4.78 is 37.3. The van der Waals surface area contributed by atoms with Crippen molar-refractivity contribution in [3.63, 3.8) is 0 Å². The lowest BCUT2D eigenvalue weighted by molar-refractivity contribution is -0.167. The molecule has 0 radical (unpaired) electrons. The molecule has 1 saturated carbocycles. The van der Waals surface area contributed by atoms with Gasteiger partial charge in [-0.25, -0.2) is 0 Å². The number of alkyl halides is 3. The highest BCUT2D eigenvalue weighted by molar-refractivity contribution is 6.05. The van der Waals surface area contributed by atoms with Crippen molar-refractivity contribution in [3.05, 3.63) is 0 Å². The van der Waals surface area contributed by atoms with Crippen LogP contribution in [-0.2, 0) is 9.59 Å². The minimum absolute atomic E-state index is 0.468. The van der Waals surface area contributed by atoms with Gasteiger partial charge in [0, 0.05) is 0 Å². The zero-order valence-corrected chi connectivity index (χ0v) is 9.41. The van der Waals surface area contributed by atoms with Gasteiger partial charge in [0.1, 0.15) is 0 Å². The highest BCUT2D eigenvalue weighted by atomic mass is 19.4. The molecule has 2 rings (SSSR count). The number of nitrogens with zero attached hydrogens (tertiary/aromatic N) is 2. The fourth-order valence-corrected chi connectivity index (χ4v) is 2.64. The molecular formula is C11H11F3N2O2. The lowest BCUT2D eigenvalue weighted by Crippen LogP contribution is -2.40. The largest absolute Gasteiger partial charge is 0.406 e. The summed E-state index contributed by atoms with van der Waals surface area (Å²) in [7, 11) is 0. The van der Waals surface area contributed by atoms with Crippen LogP contribution in [0.3, 0.4) is 0 Å². The van der Waals surface area contributed by atoms with Gasteiger partial charge in [0.2, 0.25) is 11.8 Å². The van der Waals surface area contributed by atoms with E-state index in [4.69, 9.17) is 5.26 Å². The Labute approximate surface area is 101 Å². The molecule has 2 aliphatic rings. The van der Waals surface area contributed by atoms with Gasteiger partial charge in [0.15, 0.2) is 5.92 Å². The molecule has 2 fully saturated rings. The number of amides is 2. The van der Waals surface area contributed by atoms with E-state index in [1.807, 2.05) is 0 Å². The third-order valence-corrected chi connectivity index (χ3v) is 3.60. The van der Waals surface area contributed by atoms with E-state index in [1.165, 1.54) is 0 Å². The van der Waals surface area contributed by atoms with E-state index in [9.17, 15) is 22.8 Å². The average Bonchev–Trinajstić information content (AvgIpc) is 2.82. The third-order valence-electron chi connectivity index (χ3n) is 3.60. The van der Waals surface area contributed by atoms with Crippen molar-refractivity contribution in [2.24, 2.45) is 17.8 Å². The van der Waals surface area contributed by atoms with Gasteiger partial charge in [-0.05, 0) is 12.8 Å². The Hall–Kier alpha value is -1.58. The van der Waals surface area contributed by atoms with Crippen molar-refractivity contribution >= 4 is 11.8 Å². The molecule has 0 spiro atoms. The molecule has 0 bridgehead atoms. The highest BCUT2D eigenvalue weighted by Crippen LogP contribution is 2.40. The van der Waals surface area contributed by atoms with Crippen molar-refractivity contribution in [2.75, 3.05) is 6.54 Å². The number of hydrogen-bond acceptors (Lipinski definition) is 3. The quantitative estimate of drug-likeness (QED) is 0.706. The van der Waals surface area contributed by atoms with Crippen LogP contribution in [0, 0.1) is 29.1 Å². The van der Waals surface area contributed by atoms with Crippen LogP contribution < -0.4 is 0 Å². The summed E-state index contributed by atoms with van der Waals surface area (Å²) in [6.07, 6.45) is -2.86. The van der Waals surface area contributed by atoms with Crippen LogP contribution in [0.15, 0.2) is 0 Å². The van der Waals surface area contributed by atoms with Gasteiger partial charge < -0.3 is 0 Å². The molecule has 0 aromatic carbocycles. The second-order valence-electron chi connectivity index (χ2n) is 4.65. The Balaban J connectivity index is 2.13. The Morgan fingerprint density at radius 1 is 1.28 bits per heavy atom. The fourth-order valence-electron chi connectivity index (χ4n) is 2.64. The first-order valence-corrected chi connectivity index (χ1v) is 5.68. The van der Waals surface area contributed by atoms with Crippen molar-refractivity contribution in [3.8, 4) is 6.07 Å². The molecule has 0 N–H and O–H groups in total. The molecule has 98 valence electrons. The van der Waals surface area contributed by atoms with Crippen LogP contribution in [0.4, 0.5) is 13.2 Å².